The zero-order valence-electron chi connectivity index (χ0n) is 14.3. The monoisotopic (exact) mass is 324 g/mol. The molecule has 0 radical (unpaired) electrons. The highest BCUT2D eigenvalue weighted by Gasteiger charge is 2.19. The maximum Gasteiger partial charge on any atom is 0.274 e. The normalized spacial score (nSPS) is 15.3. The molecule has 1 saturated heterocycles. The van der Waals surface area contributed by atoms with Gasteiger partial charge in [-0.1, -0.05) is 26.0 Å². The van der Waals surface area contributed by atoms with E-state index < -0.39 is 0 Å². The van der Waals surface area contributed by atoms with Crippen LogP contribution < -0.4 is 10.2 Å². The molecule has 0 aliphatic carbocycles. The van der Waals surface area contributed by atoms with Crippen LogP contribution in [-0.2, 0) is 6.42 Å². The molecule has 1 aliphatic heterocycles. The van der Waals surface area contributed by atoms with E-state index in [2.05, 4.69) is 34.0 Å². The van der Waals surface area contributed by atoms with Crippen LogP contribution in [0.1, 0.15) is 42.7 Å². The largest absolute Gasteiger partial charge is 0.341 e. The lowest BCUT2D eigenvalue weighted by Crippen LogP contribution is -2.34. The number of benzene rings is 1. The van der Waals surface area contributed by atoms with Crippen molar-refractivity contribution in [3.8, 4) is 0 Å². The molecular formula is C19H24N4O. The fraction of sp³-hybridized carbons (Fsp3) is 0.421. The fourth-order valence-electron chi connectivity index (χ4n) is 2.85. The number of nitrogens with one attached hydrogen (secondary N) is 1. The van der Waals surface area contributed by atoms with Crippen LogP contribution in [0.2, 0.25) is 0 Å². The molecule has 1 fully saturated rings. The van der Waals surface area contributed by atoms with Crippen LogP contribution in [0.25, 0.3) is 0 Å². The maximum absolute atomic E-state index is 12.4. The van der Waals surface area contributed by atoms with Crippen LogP contribution in [0.5, 0.6) is 0 Å². The predicted molar refractivity (Wildman–Crippen MR) is 96.4 cm³/mol. The minimum absolute atomic E-state index is 0.201. The first-order chi connectivity index (χ1) is 11.7. The third kappa shape index (κ3) is 3.91. The number of piperidine rings is 1. The summed E-state index contributed by atoms with van der Waals surface area (Å²) in [5.41, 5.74) is 2.43. The van der Waals surface area contributed by atoms with E-state index in [1.807, 2.05) is 24.3 Å². The van der Waals surface area contributed by atoms with Crippen molar-refractivity contribution >= 4 is 17.5 Å². The lowest BCUT2D eigenvalue weighted by atomic mass is 10.00. The van der Waals surface area contributed by atoms with E-state index in [1.54, 1.807) is 12.3 Å². The number of carbonyl (C=O) groups is 1. The topological polar surface area (TPSA) is 58.1 Å². The van der Waals surface area contributed by atoms with Gasteiger partial charge in [-0.15, -0.1) is 0 Å². The zero-order chi connectivity index (χ0) is 16.9. The van der Waals surface area contributed by atoms with Crippen LogP contribution in [0.15, 0.2) is 36.5 Å². The van der Waals surface area contributed by atoms with Crippen LogP contribution >= 0.6 is 0 Å². The Hall–Kier alpha value is -2.43. The molecular weight excluding hydrogens is 300 g/mol. The summed E-state index contributed by atoms with van der Waals surface area (Å²) in [5.74, 6) is 1.20. The highest BCUT2D eigenvalue weighted by molar-refractivity contribution is 6.02. The van der Waals surface area contributed by atoms with Gasteiger partial charge in [0.15, 0.2) is 0 Å². The Labute approximate surface area is 143 Å². The number of hydrogen-bond donors (Lipinski definition) is 1. The highest BCUT2D eigenvalue weighted by atomic mass is 16.1. The second-order valence-corrected chi connectivity index (χ2v) is 6.42. The summed E-state index contributed by atoms with van der Waals surface area (Å²) in [6.45, 7) is 6.28. The van der Waals surface area contributed by atoms with Crippen molar-refractivity contribution in [2.45, 2.75) is 33.1 Å². The van der Waals surface area contributed by atoms with Crippen molar-refractivity contribution in [1.82, 2.24) is 9.97 Å². The van der Waals surface area contributed by atoms with E-state index in [0.29, 0.717) is 11.6 Å². The first-order valence-electron chi connectivity index (χ1n) is 8.64. The van der Waals surface area contributed by atoms with E-state index in [-0.39, 0.29) is 5.91 Å². The van der Waals surface area contributed by atoms with Gasteiger partial charge >= 0.3 is 0 Å². The van der Waals surface area contributed by atoms with E-state index in [1.165, 1.54) is 5.56 Å². The summed E-state index contributed by atoms with van der Waals surface area (Å²) in [6, 6.07) is 9.55. The van der Waals surface area contributed by atoms with Gasteiger partial charge in [-0.05, 0) is 48.9 Å². The Morgan fingerprint density at radius 1 is 1.21 bits per heavy atom. The zero-order valence-corrected chi connectivity index (χ0v) is 14.3. The molecule has 0 saturated carbocycles. The second kappa shape index (κ2) is 7.43. The number of anilines is 2. The van der Waals surface area contributed by atoms with Crippen LogP contribution in [0.4, 0.5) is 11.6 Å². The molecule has 5 heteroatoms. The smallest absolute Gasteiger partial charge is 0.274 e. The molecule has 1 aromatic carbocycles. The lowest BCUT2D eigenvalue weighted by molar-refractivity contribution is 0.102. The molecule has 5 nitrogen and oxygen atoms in total. The van der Waals surface area contributed by atoms with Gasteiger partial charge in [0.05, 0.1) is 0 Å². The van der Waals surface area contributed by atoms with Crippen molar-refractivity contribution < 1.29 is 4.79 Å². The summed E-state index contributed by atoms with van der Waals surface area (Å²) in [7, 11) is 0. The third-order valence-electron chi connectivity index (χ3n) is 4.56. The van der Waals surface area contributed by atoms with Crippen molar-refractivity contribution in [2.24, 2.45) is 5.92 Å². The van der Waals surface area contributed by atoms with Gasteiger partial charge in [0.1, 0.15) is 5.69 Å². The Morgan fingerprint density at radius 3 is 2.58 bits per heavy atom. The fourth-order valence-corrected chi connectivity index (χ4v) is 2.85. The Kier molecular flexibility index (Phi) is 5.08. The van der Waals surface area contributed by atoms with Crippen molar-refractivity contribution in [1.29, 1.82) is 0 Å². The number of carbonyl (C=O) groups excluding carboxylic acids is 1. The predicted octanol–water partition coefficient (Wildman–Crippen LogP) is 3.53. The Morgan fingerprint density at radius 2 is 1.92 bits per heavy atom. The molecule has 1 N–H and O–H groups in total. The number of aromatic nitrogens is 2. The molecule has 0 atom stereocenters. The van der Waals surface area contributed by atoms with Crippen LogP contribution in [0.3, 0.4) is 0 Å². The number of hydrogen-bond acceptors (Lipinski definition) is 4. The minimum atomic E-state index is -0.201. The van der Waals surface area contributed by atoms with E-state index in [4.69, 9.17) is 0 Å². The van der Waals surface area contributed by atoms with Gasteiger partial charge < -0.3 is 10.2 Å². The van der Waals surface area contributed by atoms with E-state index in [0.717, 1.165) is 44.0 Å². The first-order valence-corrected chi connectivity index (χ1v) is 8.64. The minimum Gasteiger partial charge on any atom is -0.341 e. The Bertz CT molecular complexity index is 691. The molecule has 0 spiro atoms. The molecule has 2 aromatic rings. The van der Waals surface area contributed by atoms with Gasteiger partial charge in [-0.2, -0.15) is 0 Å². The van der Waals surface area contributed by atoms with Gasteiger partial charge in [0.2, 0.25) is 5.95 Å². The van der Waals surface area contributed by atoms with Gasteiger partial charge in [0.25, 0.3) is 5.91 Å². The molecule has 2 heterocycles. The molecule has 126 valence electrons. The molecule has 1 amide bonds. The molecule has 1 aromatic heterocycles. The molecule has 1 aliphatic rings. The maximum atomic E-state index is 12.4. The van der Waals surface area contributed by atoms with Crippen LogP contribution in [-0.4, -0.2) is 29.0 Å². The number of rotatable bonds is 4. The number of nitrogens with zero attached hydrogens (tertiary/aromatic N) is 3. The average Bonchev–Trinajstić information content (AvgIpc) is 2.63. The summed E-state index contributed by atoms with van der Waals surface area (Å²) in [6.07, 6.45) is 4.93. The SMILES string of the molecule is CCc1ccc(NC(=O)c2ccnc(N3CCC(C)CC3)n2)cc1. The summed E-state index contributed by atoms with van der Waals surface area (Å²) < 4.78 is 0. The number of aryl methyl sites for hydroxylation is 1. The third-order valence-corrected chi connectivity index (χ3v) is 4.56. The summed E-state index contributed by atoms with van der Waals surface area (Å²) in [5, 5.41) is 2.90. The lowest BCUT2D eigenvalue weighted by Gasteiger charge is -2.30. The second-order valence-electron chi connectivity index (χ2n) is 6.42. The molecule has 24 heavy (non-hydrogen) atoms. The standard InChI is InChI=1S/C19H24N4O/c1-3-15-4-6-16(7-5-15)21-18(24)17-8-11-20-19(22-17)23-12-9-14(2)10-13-23/h4-8,11,14H,3,9-10,12-13H2,1-2H3,(H,21,24). The molecule has 0 unspecified atom stereocenters. The van der Waals surface area contributed by atoms with Crippen LogP contribution in [0, 0.1) is 5.92 Å². The number of amides is 1. The highest BCUT2D eigenvalue weighted by Crippen LogP contribution is 2.20. The summed E-state index contributed by atoms with van der Waals surface area (Å²) in [4.78, 5) is 23.4. The van der Waals surface area contributed by atoms with E-state index >= 15 is 0 Å². The van der Waals surface area contributed by atoms with Crippen molar-refractivity contribution in [2.75, 3.05) is 23.3 Å². The Balaban J connectivity index is 1.69. The molecule has 0 bridgehead atoms. The van der Waals surface area contributed by atoms with Gasteiger partial charge in [0, 0.05) is 25.0 Å². The van der Waals surface area contributed by atoms with E-state index in [9.17, 15) is 4.79 Å². The van der Waals surface area contributed by atoms with Gasteiger partial charge in [-0.3, -0.25) is 4.79 Å². The average molecular weight is 324 g/mol. The van der Waals surface area contributed by atoms with Gasteiger partial charge in [-0.25, -0.2) is 9.97 Å². The quantitative estimate of drug-likeness (QED) is 0.935. The summed E-state index contributed by atoms with van der Waals surface area (Å²) >= 11 is 0. The first kappa shape index (κ1) is 16.4. The van der Waals surface area contributed by atoms with Crippen molar-refractivity contribution in [3.63, 3.8) is 0 Å². The van der Waals surface area contributed by atoms with Crippen molar-refractivity contribution in [3.05, 3.63) is 47.8 Å². The molecule has 3 rings (SSSR count).